The van der Waals surface area contributed by atoms with Crippen LogP contribution in [-0.4, -0.2) is 57.2 Å². The number of hydrogen-bond acceptors (Lipinski definition) is 5. The van der Waals surface area contributed by atoms with Crippen LogP contribution in [0.2, 0.25) is 0 Å². The molecule has 150 valence electrons. The Morgan fingerprint density at radius 3 is 2.86 bits per heavy atom. The molecule has 4 rings (SSSR count). The number of rotatable bonds is 4. The van der Waals surface area contributed by atoms with Gasteiger partial charge in [-0.1, -0.05) is 12.1 Å². The van der Waals surface area contributed by atoms with E-state index >= 15 is 0 Å². The van der Waals surface area contributed by atoms with Crippen molar-refractivity contribution in [3.63, 3.8) is 0 Å². The van der Waals surface area contributed by atoms with Gasteiger partial charge in [0.2, 0.25) is 5.91 Å². The van der Waals surface area contributed by atoms with Gasteiger partial charge in [-0.15, -0.1) is 10.2 Å². The van der Waals surface area contributed by atoms with Crippen molar-refractivity contribution in [2.75, 3.05) is 26.7 Å². The molecule has 1 atom stereocenters. The van der Waals surface area contributed by atoms with E-state index in [4.69, 9.17) is 4.74 Å². The van der Waals surface area contributed by atoms with Crippen LogP contribution in [0.4, 0.5) is 0 Å². The lowest BCUT2D eigenvalue weighted by atomic mass is 10.1. The zero-order valence-electron chi connectivity index (χ0n) is 17.0. The number of ether oxygens (including phenoxy) is 1. The molecule has 1 aromatic carbocycles. The Morgan fingerprint density at radius 2 is 2.07 bits per heavy atom. The van der Waals surface area contributed by atoms with Gasteiger partial charge in [0.05, 0.1) is 13.2 Å². The third-order valence-electron chi connectivity index (χ3n) is 5.94. The van der Waals surface area contributed by atoms with Crippen molar-refractivity contribution < 1.29 is 9.53 Å². The first-order chi connectivity index (χ1) is 13.6. The van der Waals surface area contributed by atoms with Gasteiger partial charge in [0.1, 0.15) is 11.6 Å². The van der Waals surface area contributed by atoms with Crippen molar-refractivity contribution in [1.82, 2.24) is 24.6 Å². The van der Waals surface area contributed by atoms with Gasteiger partial charge in [-0.05, 0) is 31.4 Å². The van der Waals surface area contributed by atoms with Crippen LogP contribution < -0.4 is 4.74 Å². The number of methoxy groups -OCH3 is 1. The normalized spacial score (nSPS) is 20.1. The number of amides is 1. The summed E-state index contributed by atoms with van der Waals surface area (Å²) in [6.45, 7) is 8.14. The zero-order chi connectivity index (χ0) is 19.7. The van der Waals surface area contributed by atoms with Crippen molar-refractivity contribution in [2.45, 2.75) is 52.2 Å². The average molecular weight is 383 g/mol. The Hall–Kier alpha value is -2.41. The number of nitrogens with zero attached hydrogens (tertiary/aromatic N) is 5. The van der Waals surface area contributed by atoms with Gasteiger partial charge < -0.3 is 14.2 Å². The Bertz CT molecular complexity index is 862. The SMILES string of the molecule is COc1cc(C)ccc1CN1CCc2nnc(C3CCCN3C(C)=O)n2CC1. The molecule has 3 heterocycles. The van der Waals surface area contributed by atoms with Crippen molar-refractivity contribution in [3.8, 4) is 5.75 Å². The topological polar surface area (TPSA) is 63.5 Å². The second-order valence-electron chi connectivity index (χ2n) is 7.84. The molecule has 0 radical (unpaired) electrons. The van der Waals surface area contributed by atoms with Gasteiger partial charge in [0, 0.05) is 51.6 Å². The van der Waals surface area contributed by atoms with Crippen LogP contribution in [0.15, 0.2) is 18.2 Å². The standard InChI is InChI=1S/C21H29N5O2/c1-15-6-7-17(19(13-15)28-3)14-24-10-8-20-22-23-21(26(20)12-11-24)18-5-4-9-25(18)16(2)27/h6-7,13,18H,4-5,8-12,14H2,1-3H3. The third-order valence-corrected chi connectivity index (χ3v) is 5.94. The molecule has 0 aliphatic carbocycles. The van der Waals surface area contributed by atoms with E-state index in [1.165, 1.54) is 11.1 Å². The molecular weight excluding hydrogens is 354 g/mol. The molecule has 2 aliphatic rings. The van der Waals surface area contributed by atoms with Crippen LogP contribution in [-0.2, 0) is 24.3 Å². The Balaban J connectivity index is 1.49. The summed E-state index contributed by atoms with van der Waals surface area (Å²) in [7, 11) is 1.73. The Kier molecular flexibility index (Phi) is 5.35. The lowest BCUT2D eigenvalue weighted by molar-refractivity contribution is -0.129. The summed E-state index contributed by atoms with van der Waals surface area (Å²) in [6, 6.07) is 6.46. The first-order valence-corrected chi connectivity index (χ1v) is 10.1. The van der Waals surface area contributed by atoms with Crippen molar-refractivity contribution in [3.05, 3.63) is 41.0 Å². The van der Waals surface area contributed by atoms with Crippen LogP contribution in [0.5, 0.6) is 5.75 Å². The quantitative estimate of drug-likeness (QED) is 0.811. The summed E-state index contributed by atoms with van der Waals surface area (Å²) in [5, 5.41) is 8.95. The highest BCUT2D eigenvalue weighted by Gasteiger charge is 2.33. The van der Waals surface area contributed by atoms with Gasteiger partial charge in [-0.3, -0.25) is 9.69 Å². The third kappa shape index (κ3) is 3.63. The maximum atomic E-state index is 12.0. The fourth-order valence-electron chi connectivity index (χ4n) is 4.43. The minimum atomic E-state index is 0.0718. The summed E-state index contributed by atoms with van der Waals surface area (Å²) < 4.78 is 7.82. The molecule has 1 saturated heterocycles. The number of aryl methyl sites for hydroxylation is 1. The summed E-state index contributed by atoms with van der Waals surface area (Å²) in [4.78, 5) is 16.4. The van der Waals surface area contributed by atoms with Crippen LogP contribution in [0.1, 0.15) is 48.6 Å². The molecule has 1 aromatic heterocycles. The van der Waals surface area contributed by atoms with Crippen molar-refractivity contribution in [2.24, 2.45) is 0 Å². The first-order valence-electron chi connectivity index (χ1n) is 10.1. The Morgan fingerprint density at radius 1 is 1.21 bits per heavy atom. The van der Waals surface area contributed by atoms with Gasteiger partial charge in [0.15, 0.2) is 5.82 Å². The number of benzene rings is 1. The molecule has 0 bridgehead atoms. The molecular formula is C21H29N5O2. The van der Waals surface area contributed by atoms with Gasteiger partial charge in [-0.25, -0.2) is 0 Å². The molecule has 28 heavy (non-hydrogen) atoms. The highest BCUT2D eigenvalue weighted by Crippen LogP contribution is 2.32. The van der Waals surface area contributed by atoms with E-state index in [1.807, 2.05) is 4.90 Å². The molecule has 0 saturated carbocycles. The number of aromatic nitrogens is 3. The maximum absolute atomic E-state index is 12.0. The van der Waals surface area contributed by atoms with E-state index in [-0.39, 0.29) is 11.9 Å². The lowest BCUT2D eigenvalue weighted by Crippen LogP contribution is -2.31. The monoisotopic (exact) mass is 383 g/mol. The summed E-state index contributed by atoms with van der Waals surface area (Å²) in [6.07, 6.45) is 2.88. The largest absolute Gasteiger partial charge is 0.496 e. The second kappa shape index (κ2) is 7.91. The molecule has 2 aromatic rings. The number of carbonyl (C=O) groups is 1. The van der Waals surface area contributed by atoms with Gasteiger partial charge >= 0.3 is 0 Å². The first kappa shape index (κ1) is 18.9. The van der Waals surface area contributed by atoms with E-state index in [9.17, 15) is 4.79 Å². The predicted molar refractivity (Wildman–Crippen MR) is 106 cm³/mol. The molecule has 7 heteroatoms. The van der Waals surface area contributed by atoms with Crippen LogP contribution >= 0.6 is 0 Å². The average Bonchev–Trinajstić information content (AvgIpc) is 3.27. The summed E-state index contributed by atoms with van der Waals surface area (Å²) in [5.41, 5.74) is 2.42. The van der Waals surface area contributed by atoms with Crippen molar-refractivity contribution in [1.29, 1.82) is 0 Å². The van der Waals surface area contributed by atoms with E-state index in [2.05, 4.69) is 44.8 Å². The Labute approximate surface area is 166 Å². The molecule has 1 unspecified atom stereocenters. The van der Waals surface area contributed by atoms with Crippen molar-refractivity contribution >= 4 is 5.91 Å². The second-order valence-corrected chi connectivity index (χ2v) is 7.84. The molecule has 0 N–H and O–H groups in total. The minimum Gasteiger partial charge on any atom is -0.496 e. The lowest BCUT2D eigenvalue weighted by Gasteiger charge is -2.24. The number of hydrogen-bond donors (Lipinski definition) is 0. The molecule has 2 aliphatic heterocycles. The van der Waals surface area contributed by atoms with E-state index in [1.54, 1.807) is 14.0 Å². The number of carbonyl (C=O) groups excluding carboxylic acids is 1. The number of fused-ring (bicyclic) bond motifs is 1. The predicted octanol–water partition coefficient (Wildman–Crippen LogP) is 2.34. The van der Waals surface area contributed by atoms with Gasteiger partial charge in [0.25, 0.3) is 0 Å². The summed E-state index contributed by atoms with van der Waals surface area (Å²) >= 11 is 0. The van der Waals surface area contributed by atoms with E-state index in [0.29, 0.717) is 0 Å². The number of likely N-dealkylation sites (tertiary alicyclic amines) is 1. The van der Waals surface area contributed by atoms with E-state index in [0.717, 1.165) is 69.4 Å². The fourth-order valence-corrected chi connectivity index (χ4v) is 4.43. The summed E-state index contributed by atoms with van der Waals surface area (Å²) in [5.74, 6) is 3.06. The highest BCUT2D eigenvalue weighted by molar-refractivity contribution is 5.74. The molecule has 7 nitrogen and oxygen atoms in total. The minimum absolute atomic E-state index is 0.0718. The fraction of sp³-hybridized carbons (Fsp3) is 0.571. The van der Waals surface area contributed by atoms with Gasteiger partial charge in [-0.2, -0.15) is 0 Å². The zero-order valence-corrected chi connectivity index (χ0v) is 17.0. The van der Waals surface area contributed by atoms with Crippen LogP contribution in [0, 0.1) is 6.92 Å². The smallest absolute Gasteiger partial charge is 0.220 e. The molecule has 0 spiro atoms. The highest BCUT2D eigenvalue weighted by atomic mass is 16.5. The molecule has 1 fully saturated rings. The molecule has 1 amide bonds. The van der Waals surface area contributed by atoms with Crippen LogP contribution in [0.25, 0.3) is 0 Å². The van der Waals surface area contributed by atoms with E-state index < -0.39 is 0 Å². The maximum Gasteiger partial charge on any atom is 0.220 e. The van der Waals surface area contributed by atoms with Crippen LogP contribution in [0.3, 0.4) is 0 Å².